The molecule has 1 aromatic heterocycles. The number of aryl methyl sites for hydroxylation is 2. The quantitative estimate of drug-likeness (QED) is 0.649. The Morgan fingerprint density at radius 1 is 1.04 bits per heavy atom. The van der Waals surface area contributed by atoms with Crippen LogP contribution in [0.4, 0.5) is 0 Å². The van der Waals surface area contributed by atoms with Gasteiger partial charge in [-0.05, 0) is 66.3 Å². The fourth-order valence-electron chi connectivity index (χ4n) is 4.82. The molecule has 3 heteroatoms. The zero-order valence-corrected chi connectivity index (χ0v) is 15.5. The molecule has 3 nitrogen and oxygen atoms in total. The first-order chi connectivity index (χ1) is 13.3. The lowest BCUT2D eigenvalue weighted by molar-refractivity contribution is 0.0812. The number of rotatable bonds is 4. The van der Waals surface area contributed by atoms with Crippen LogP contribution in [0.2, 0.25) is 0 Å². The number of carbonyl (C=O) groups is 1. The number of benzene rings is 2. The Hall–Kier alpha value is -2.52. The molecule has 0 spiro atoms. The lowest BCUT2D eigenvalue weighted by Gasteiger charge is -2.32. The van der Waals surface area contributed by atoms with Gasteiger partial charge in [-0.2, -0.15) is 0 Å². The first-order valence-electron chi connectivity index (χ1n) is 9.99. The average molecular weight is 356 g/mol. The fraction of sp³-hybridized carbons (Fsp3) is 0.333. The summed E-state index contributed by atoms with van der Waals surface area (Å²) in [6.45, 7) is 2.71. The molecule has 1 saturated heterocycles. The smallest absolute Gasteiger partial charge is 0.167 e. The van der Waals surface area contributed by atoms with Gasteiger partial charge in [0.15, 0.2) is 5.78 Å². The number of ketones is 1. The Labute approximate surface area is 160 Å². The van der Waals surface area contributed by atoms with Gasteiger partial charge in [0.05, 0.1) is 5.69 Å². The summed E-state index contributed by atoms with van der Waals surface area (Å²) >= 11 is 0. The molecule has 2 aromatic carbocycles. The summed E-state index contributed by atoms with van der Waals surface area (Å²) < 4.78 is 0. The number of carbonyl (C=O) groups excluding carboxylic acids is 1. The third-order valence-electron chi connectivity index (χ3n) is 6.13. The second-order valence-corrected chi connectivity index (χ2v) is 7.87. The number of pyridine rings is 1. The molecule has 1 aliphatic carbocycles. The van der Waals surface area contributed by atoms with Crippen LogP contribution < -0.4 is 0 Å². The highest BCUT2D eigenvalue weighted by Gasteiger charge is 2.28. The Morgan fingerprint density at radius 2 is 1.93 bits per heavy atom. The molecule has 0 amide bonds. The molecular formula is C24H24N2O. The van der Waals surface area contributed by atoms with E-state index in [0.717, 1.165) is 62.0 Å². The third kappa shape index (κ3) is 3.06. The summed E-state index contributed by atoms with van der Waals surface area (Å²) in [5, 5.41) is 2.50. The van der Waals surface area contributed by atoms with Crippen LogP contribution in [-0.4, -0.2) is 28.8 Å². The molecule has 5 rings (SSSR count). The Kier molecular flexibility index (Phi) is 4.25. The molecule has 136 valence electrons. The van der Waals surface area contributed by atoms with Crippen LogP contribution in [0.1, 0.15) is 40.0 Å². The fourth-order valence-corrected chi connectivity index (χ4v) is 4.82. The van der Waals surface area contributed by atoms with Crippen LogP contribution in [-0.2, 0) is 19.4 Å². The van der Waals surface area contributed by atoms with Gasteiger partial charge in [0.2, 0.25) is 0 Å². The van der Waals surface area contributed by atoms with Gasteiger partial charge in [0.1, 0.15) is 0 Å². The molecule has 27 heavy (non-hydrogen) atoms. The van der Waals surface area contributed by atoms with E-state index >= 15 is 0 Å². The number of Topliss-reactive ketones (excluding diaryl/α,β-unsaturated/α-hetero) is 1. The van der Waals surface area contributed by atoms with Crippen molar-refractivity contribution in [2.75, 3.05) is 13.1 Å². The van der Waals surface area contributed by atoms with Gasteiger partial charge in [0.25, 0.3) is 0 Å². The molecule has 3 aromatic rings. The van der Waals surface area contributed by atoms with Crippen molar-refractivity contribution < 1.29 is 4.79 Å². The highest BCUT2D eigenvalue weighted by Crippen LogP contribution is 2.34. The summed E-state index contributed by atoms with van der Waals surface area (Å²) in [6.07, 6.45) is 6.11. The first kappa shape index (κ1) is 16.6. The van der Waals surface area contributed by atoms with E-state index in [1.165, 1.54) is 16.5 Å². The summed E-state index contributed by atoms with van der Waals surface area (Å²) in [4.78, 5) is 20.2. The predicted octanol–water partition coefficient (Wildman–Crippen LogP) is 4.43. The third-order valence-corrected chi connectivity index (χ3v) is 6.13. The SMILES string of the molecule is O=C(c1ccc2c3c(cccc13)CC2)[C@H]1CCCN(Cc2ccccn2)C1. The van der Waals surface area contributed by atoms with Gasteiger partial charge in [-0.15, -0.1) is 0 Å². The van der Waals surface area contributed by atoms with E-state index in [-0.39, 0.29) is 5.92 Å². The number of piperidine rings is 1. The van der Waals surface area contributed by atoms with E-state index in [1.807, 2.05) is 18.3 Å². The van der Waals surface area contributed by atoms with Gasteiger partial charge in [-0.1, -0.05) is 36.4 Å². The first-order valence-corrected chi connectivity index (χ1v) is 9.99. The summed E-state index contributed by atoms with van der Waals surface area (Å²) in [5.74, 6) is 0.400. The number of aromatic nitrogens is 1. The second-order valence-electron chi connectivity index (χ2n) is 7.87. The highest BCUT2D eigenvalue weighted by molar-refractivity contribution is 6.11. The van der Waals surface area contributed by atoms with E-state index in [4.69, 9.17) is 0 Å². The molecule has 1 fully saturated rings. The van der Waals surface area contributed by atoms with Gasteiger partial charge in [-0.3, -0.25) is 14.7 Å². The largest absolute Gasteiger partial charge is 0.297 e. The van der Waals surface area contributed by atoms with Crippen molar-refractivity contribution in [3.63, 3.8) is 0 Å². The number of likely N-dealkylation sites (tertiary alicyclic amines) is 1. The van der Waals surface area contributed by atoms with Gasteiger partial charge >= 0.3 is 0 Å². The molecule has 0 unspecified atom stereocenters. The van der Waals surface area contributed by atoms with Gasteiger partial charge in [0, 0.05) is 30.8 Å². The monoisotopic (exact) mass is 356 g/mol. The van der Waals surface area contributed by atoms with Crippen LogP contribution in [0.25, 0.3) is 10.8 Å². The minimum Gasteiger partial charge on any atom is -0.297 e. The molecule has 2 aliphatic rings. The maximum absolute atomic E-state index is 13.4. The molecule has 1 atom stereocenters. The van der Waals surface area contributed by atoms with Crippen LogP contribution in [0.5, 0.6) is 0 Å². The van der Waals surface area contributed by atoms with Crippen molar-refractivity contribution in [1.29, 1.82) is 0 Å². The number of hydrogen-bond acceptors (Lipinski definition) is 3. The molecule has 0 saturated carbocycles. The molecule has 1 aliphatic heterocycles. The highest BCUT2D eigenvalue weighted by atomic mass is 16.1. The van der Waals surface area contributed by atoms with E-state index in [0.29, 0.717) is 5.78 Å². The Balaban J connectivity index is 1.40. The van der Waals surface area contributed by atoms with Crippen LogP contribution >= 0.6 is 0 Å². The van der Waals surface area contributed by atoms with Crippen LogP contribution in [0.15, 0.2) is 54.7 Å². The van der Waals surface area contributed by atoms with Gasteiger partial charge < -0.3 is 0 Å². The molecule has 0 N–H and O–H groups in total. The van der Waals surface area contributed by atoms with E-state index < -0.39 is 0 Å². The normalized spacial score (nSPS) is 19.5. The van der Waals surface area contributed by atoms with Crippen molar-refractivity contribution in [3.05, 3.63) is 77.1 Å². The second kappa shape index (κ2) is 6.90. The van der Waals surface area contributed by atoms with E-state index in [9.17, 15) is 4.79 Å². The summed E-state index contributed by atoms with van der Waals surface area (Å²) in [6, 6.07) is 16.8. The number of nitrogens with zero attached hydrogens (tertiary/aromatic N) is 2. The van der Waals surface area contributed by atoms with Crippen molar-refractivity contribution in [1.82, 2.24) is 9.88 Å². The molecule has 0 radical (unpaired) electrons. The summed E-state index contributed by atoms with van der Waals surface area (Å²) in [7, 11) is 0. The Morgan fingerprint density at radius 3 is 2.78 bits per heavy atom. The average Bonchev–Trinajstić information content (AvgIpc) is 3.14. The van der Waals surface area contributed by atoms with Crippen molar-refractivity contribution >= 4 is 16.6 Å². The van der Waals surface area contributed by atoms with Crippen LogP contribution in [0, 0.1) is 5.92 Å². The van der Waals surface area contributed by atoms with Crippen molar-refractivity contribution in [3.8, 4) is 0 Å². The zero-order chi connectivity index (χ0) is 18.2. The topological polar surface area (TPSA) is 33.2 Å². The maximum atomic E-state index is 13.4. The van der Waals surface area contributed by atoms with Crippen molar-refractivity contribution in [2.24, 2.45) is 5.92 Å². The van der Waals surface area contributed by atoms with Crippen LogP contribution in [0.3, 0.4) is 0 Å². The molecule has 0 bridgehead atoms. The van der Waals surface area contributed by atoms with Gasteiger partial charge in [-0.25, -0.2) is 0 Å². The van der Waals surface area contributed by atoms with E-state index in [1.54, 1.807) is 0 Å². The van der Waals surface area contributed by atoms with Crippen molar-refractivity contribution in [2.45, 2.75) is 32.2 Å². The van der Waals surface area contributed by atoms with E-state index in [2.05, 4.69) is 46.3 Å². The maximum Gasteiger partial charge on any atom is 0.167 e. The Bertz CT molecular complexity index is 986. The molecule has 2 heterocycles. The lowest BCUT2D eigenvalue weighted by Crippen LogP contribution is -2.38. The standard InChI is InChI=1S/C24H24N2O/c27-24(19-6-4-14-26(15-19)16-20-7-1-2-13-25-20)22-12-11-18-10-9-17-5-3-8-21(22)23(17)18/h1-3,5,7-8,11-13,19H,4,6,9-10,14-16H2/t19-/m0/s1. The number of hydrogen-bond donors (Lipinski definition) is 0. The minimum atomic E-state index is 0.0842. The molecular weight excluding hydrogens is 332 g/mol. The lowest BCUT2D eigenvalue weighted by atomic mass is 9.87. The summed E-state index contributed by atoms with van der Waals surface area (Å²) in [5.41, 5.74) is 4.80. The zero-order valence-electron chi connectivity index (χ0n) is 15.5. The minimum absolute atomic E-state index is 0.0842. The predicted molar refractivity (Wildman–Crippen MR) is 108 cm³/mol.